The van der Waals surface area contributed by atoms with E-state index in [1.807, 2.05) is 0 Å². The lowest BCUT2D eigenvalue weighted by atomic mass is 9.88. The molecule has 30 heavy (non-hydrogen) atoms. The number of likely N-dealkylation sites (tertiary alicyclic amines) is 1. The number of H-pyrrole nitrogens is 1. The van der Waals surface area contributed by atoms with Crippen LogP contribution in [0.1, 0.15) is 53.5 Å². The molecule has 2 aromatic carbocycles. The minimum atomic E-state index is -0.175. The average Bonchev–Trinajstić information content (AvgIpc) is 3.33. The van der Waals surface area contributed by atoms with Gasteiger partial charge in [0.15, 0.2) is 0 Å². The average molecular weight is 404 g/mol. The second kappa shape index (κ2) is 7.05. The molecule has 1 aromatic heterocycles. The molecule has 2 aliphatic rings. The molecule has 5 rings (SSSR count). The summed E-state index contributed by atoms with van der Waals surface area (Å²) in [6, 6.07) is 8.66. The fraction of sp³-hybridized carbons (Fsp3) is 0.462. The molecule has 1 atom stereocenters. The smallest absolute Gasteiger partial charge is 0.127 e. The molecule has 1 saturated heterocycles. The topological polar surface area (TPSA) is 54.3 Å². The van der Waals surface area contributed by atoms with Gasteiger partial charge in [0.05, 0.1) is 0 Å². The summed E-state index contributed by atoms with van der Waals surface area (Å²) in [5.74, 6) is 1.72. The van der Waals surface area contributed by atoms with Crippen LogP contribution in [0.5, 0.6) is 5.75 Å². The van der Waals surface area contributed by atoms with Gasteiger partial charge in [-0.2, -0.15) is 0 Å². The molecule has 0 saturated carbocycles. The van der Waals surface area contributed by atoms with Gasteiger partial charge in [-0.1, -0.05) is 18.2 Å². The molecule has 1 fully saturated rings. The highest BCUT2D eigenvalue weighted by molar-refractivity contribution is 5.83. The first kappa shape index (κ1) is 19.5. The molecule has 0 radical (unpaired) electrons. The van der Waals surface area contributed by atoms with E-state index in [1.165, 1.54) is 46.0 Å². The molecule has 3 heterocycles. The van der Waals surface area contributed by atoms with Crippen LogP contribution in [0.2, 0.25) is 0 Å². The van der Waals surface area contributed by atoms with Crippen LogP contribution in [0.25, 0.3) is 10.9 Å². The van der Waals surface area contributed by atoms with Crippen LogP contribution in [-0.4, -0.2) is 35.1 Å². The number of rotatable bonds is 3. The summed E-state index contributed by atoms with van der Waals surface area (Å²) >= 11 is 0. The Morgan fingerprint density at radius 2 is 1.83 bits per heavy atom. The Morgan fingerprint density at radius 3 is 2.60 bits per heavy atom. The first-order valence-electron chi connectivity index (χ1n) is 11.2. The standard InChI is InChI=1S/C26H33N3O/c1-16-17(2)25-21(18(3)24(16)27)13-26(4,30-25)15-29-11-9-19(10-12-29)22-14-28-23-8-6-5-7-20(22)23/h5-8,14,19,28H,9-13,15,27H2,1-4H3. The molecule has 0 amide bonds. The highest BCUT2D eigenvalue weighted by Crippen LogP contribution is 2.44. The zero-order chi connectivity index (χ0) is 21.0. The maximum Gasteiger partial charge on any atom is 0.127 e. The Balaban J connectivity index is 1.28. The van der Waals surface area contributed by atoms with Crippen molar-refractivity contribution in [2.75, 3.05) is 25.4 Å². The number of benzene rings is 2. The van der Waals surface area contributed by atoms with Crippen molar-refractivity contribution in [2.24, 2.45) is 0 Å². The van der Waals surface area contributed by atoms with Crippen molar-refractivity contribution in [3.05, 3.63) is 58.3 Å². The number of hydrogen-bond donors (Lipinski definition) is 2. The number of anilines is 1. The van der Waals surface area contributed by atoms with Crippen LogP contribution in [0.3, 0.4) is 0 Å². The number of nitrogen functional groups attached to an aromatic ring is 1. The van der Waals surface area contributed by atoms with Gasteiger partial charge < -0.3 is 15.5 Å². The van der Waals surface area contributed by atoms with E-state index in [0.717, 1.165) is 43.1 Å². The first-order chi connectivity index (χ1) is 14.4. The number of nitrogens with two attached hydrogens (primary N) is 1. The lowest BCUT2D eigenvalue weighted by Crippen LogP contribution is -2.47. The Bertz CT molecular complexity index is 1070. The predicted molar refractivity (Wildman–Crippen MR) is 125 cm³/mol. The van der Waals surface area contributed by atoms with Crippen LogP contribution in [0.15, 0.2) is 30.5 Å². The molecule has 2 aliphatic heterocycles. The van der Waals surface area contributed by atoms with E-state index >= 15 is 0 Å². The largest absolute Gasteiger partial charge is 0.485 e. The second-order valence-corrected chi connectivity index (χ2v) is 9.67. The van der Waals surface area contributed by atoms with E-state index in [1.54, 1.807) is 0 Å². The predicted octanol–water partition coefficient (Wildman–Crippen LogP) is 5.25. The van der Waals surface area contributed by atoms with Crippen molar-refractivity contribution in [1.29, 1.82) is 0 Å². The van der Waals surface area contributed by atoms with Gasteiger partial charge in [-0.15, -0.1) is 0 Å². The van der Waals surface area contributed by atoms with Gasteiger partial charge >= 0.3 is 0 Å². The lowest BCUT2D eigenvalue weighted by molar-refractivity contribution is 0.0524. The monoisotopic (exact) mass is 403 g/mol. The van der Waals surface area contributed by atoms with Gasteiger partial charge in [-0.25, -0.2) is 0 Å². The highest BCUT2D eigenvalue weighted by Gasteiger charge is 2.40. The summed E-state index contributed by atoms with van der Waals surface area (Å²) in [4.78, 5) is 6.04. The van der Waals surface area contributed by atoms with E-state index in [0.29, 0.717) is 5.92 Å². The number of fused-ring (bicyclic) bond motifs is 2. The number of aromatic amines is 1. The highest BCUT2D eigenvalue weighted by atomic mass is 16.5. The van der Waals surface area contributed by atoms with E-state index in [9.17, 15) is 0 Å². The number of para-hydroxylation sites is 1. The van der Waals surface area contributed by atoms with Gasteiger partial charge in [0.2, 0.25) is 0 Å². The molecule has 0 bridgehead atoms. The molecule has 4 nitrogen and oxygen atoms in total. The summed E-state index contributed by atoms with van der Waals surface area (Å²) in [7, 11) is 0. The maximum absolute atomic E-state index is 6.60. The van der Waals surface area contributed by atoms with E-state index in [2.05, 4.69) is 68.0 Å². The molecular formula is C26H33N3O. The number of nitrogens with zero attached hydrogens (tertiary/aromatic N) is 1. The molecule has 3 aromatic rings. The molecule has 0 aliphatic carbocycles. The molecule has 3 N–H and O–H groups in total. The quantitative estimate of drug-likeness (QED) is 0.587. The van der Waals surface area contributed by atoms with Gasteiger partial charge in [-0.3, -0.25) is 4.90 Å². The zero-order valence-electron chi connectivity index (χ0n) is 18.6. The molecular weight excluding hydrogens is 370 g/mol. The number of aromatic nitrogens is 1. The zero-order valence-corrected chi connectivity index (χ0v) is 18.6. The summed E-state index contributed by atoms with van der Waals surface area (Å²) < 4.78 is 6.60. The second-order valence-electron chi connectivity index (χ2n) is 9.67. The third kappa shape index (κ3) is 3.09. The molecule has 4 heteroatoms. The van der Waals surface area contributed by atoms with Crippen LogP contribution in [0.4, 0.5) is 5.69 Å². The van der Waals surface area contributed by atoms with Crippen molar-refractivity contribution in [1.82, 2.24) is 9.88 Å². The fourth-order valence-corrected chi connectivity index (χ4v) is 5.62. The van der Waals surface area contributed by atoms with Gasteiger partial charge in [0.25, 0.3) is 0 Å². The van der Waals surface area contributed by atoms with E-state index in [4.69, 9.17) is 10.5 Å². The number of ether oxygens (including phenoxy) is 1. The third-order valence-corrected chi connectivity index (χ3v) is 7.54. The van der Waals surface area contributed by atoms with E-state index < -0.39 is 0 Å². The fourth-order valence-electron chi connectivity index (χ4n) is 5.62. The van der Waals surface area contributed by atoms with E-state index in [-0.39, 0.29) is 5.60 Å². The van der Waals surface area contributed by atoms with Crippen molar-refractivity contribution >= 4 is 16.6 Å². The van der Waals surface area contributed by atoms with Crippen LogP contribution >= 0.6 is 0 Å². The Kier molecular flexibility index (Phi) is 4.59. The van der Waals surface area contributed by atoms with Crippen LogP contribution in [0, 0.1) is 20.8 Å². The van der Waals surface area contributed by atoms with Crippen LogP contribution in [-0.2, 0) is 6.42 Å². The molecule has 158 valence electrons. The Labute approximate surface area is 179 Å². The summed E-state index contributed by atoms with van der Waals surface area (Å²) in [5.41, 5.74) is 14.7. The summed E-state index contributed by atoms with van der Waals surface area (Å²) in [6.45, 7) is 11.9. The van der Waals surface area contributed by atoms with Crippen molar-refractivity contribution < 1.29 is 4.74 Å². The van der Waals surface area contributed by atoms with Gasteiger partial charge in [0, 0.05) is 41.3 Å². The SMILES string of the molecule is Cc1c(C)c2c(c(C)c1N)CC(C)(CN1CCC(c3c[nH]c4ccccc34)CC1)O2. The number of nitrogens with one attached hydrogen (secondary N) is 1. The lowest BCUT2D eigenvalue weighted by Gasteiger charge is -2.37. The number of piperidine rings is 1. The Hall–Kier alpha value is -2.46. The van der Waals surface area contributed by atoms with Crippen molar-refractivity contribution in [3.8, 4) is 5.75 Å². The maximum atomic E-state index is 6.60. The summed E-state index contributed by atoms with van der Waals surface area (Å²) in [5, 5.41) is 1.39. The van der Waals surface area contributed by atoms with Crippen molar-refractivity contribution in [2.45, 2.75) is 58.5 Å². The number of hydrogen-bond acceptors (Lipinski definition) is 3. The minimum Gasteiger partial charge on any atom is -0.485 e. The van der Waals surface area contributed by atoms with Gasteiger partial charge in [-0.05, 0) is 87.9 Å². The van der Waals surface area contributed by atoms with Crippen molar-refractivity contribution in [3.63, 3.8) is 0 Å². The van der Waals surface area contributed by atoms with Crippen LogP contribution < -0.4 is 10.5 Å². The van der Waals surface area contributed by atoms with Gasteiger partial charge in [0.1, 0.15) is 11.4 Å². The molecule has 0 spiro atoms. The minimum absolute atomic E-state index is 0.175. The normalized spacial score (nSPS) is 22.4. The Morgan fingerprint density at radius 1 is 1.10 bits per heavy atom. The first-order valence-corrected chi connectivity index (χ1v) is 11.2. The summed E-state index contributed by atoms with van der Waals surface area (Å²) in [6.07, 6.45) is 5.58. The third-order valence-electron chi connectivity index (χ3n) is 7.54. The molecule has 1 unspecified atom stereocenters.